The van der Waals surface area contributed by atoms with Crippen LogP contribution in [0.4, 0.5) is 5.69 Å². The number of benzene rings is 4. The van der Waals surface area contributed by atoms with E-state index in [1.165, 1.54) is 23.1 Å². The second-order valence-corrected chi connectivity index (χ2v) is 13.1. The third-order valence-electron chi connectivity index (χ3n) is 7.58. The molecule has 2 amide bonds. The van der Waals surface area contributed by atoms with E-state index in [1.54, 1.807) is 36.4 Å². The van der Waals surface area contributed by atoms with E-state index < -0.39 is 28.5 Å². The largest absolute Gasteiger partial charge is 0.352 e. The smallest absolute Gasteiger partial charge is 0.264 e. The number of nitrogens with one attached hydrogen (secondary N) is 1. The maximum Gasteiger partial charge on any atom is 0.264 e. The fraction of sp³-hybridized carbons (Fsp3) is 0.257. The first-order chi connectivity index (χ1) is 21.1. The Morgan fingerprint density at radius 2 is 1.50 bits per heavy atom. The van der Waals surface area contributed by atoms with Crippen LogP contribution in [0, 0.1) is 6.92 Å². The highest BCUT2D eigenvalue weighted by molar-refractivity contribution is 7.92. The predicted octanol–water partition coefficient (Wildman–Crippen LogP) is 6.40. The zero-order chi connectivity index (χ0) is 31.7. The van der Waals surface area contributed by atoms with Gasteiger partial charge < -0.3 is 10.2 Å². The molecule has 0 aliphatic carbocycles. The molecule has 0 radical (unpaired) electrons. The summed E-state index contributed by atoms with van der Waals surface area (Å²) in [6.45, 7) is 5.42. The average Bonchev–Trinajstić information content (AvgIpc) is 3.03. The lowest BCUT2D eigenvalue weighted by Gasteiger charge is -2.34. The number of sulfonamides is 1. The first-order valence-electron chi connectivity index (χ1n) is 14.6. The van der Waals surface area contributed by atoms with Crippen LogP contribution in [0.3, 0.4) is 0 Å². The van der Waals surface area contributed by atoms with Gasteiger partial charge in [-0.1, -0.05) is 97.4 Å². The van der Waals surface area contributed by atoms with Crippen molar-refractivity contribution in [1.29, 1.82) is 0 Å². The van der Waals surface area contributed by atoms with E-state index in [0.29, 0.717) is 11.4 Å². The van der Waals surface area contributed by atoms with Crippen molar-refractivity contribution in [3.8, 4) is 0 Å². The van der Waals surface area contributed by atoms with E-state index in [0.717, 1.165) is 21.0 Å². The van der Waals surface area contributed by atoms with Crippen LogP contribution in [0.2, 0.25) is 5.02 Å². The number of carbonyl (C=O) groups is 2. The Balaban J connectivity index is 1.81. The van der Waals surface area contributed by atoms with Crippen molar-refractivity contribution in [3.63, 3.8) is 0 Å². The number of carbonyl (C=O) groups excluding carboxylic acids is 2. The molecule has 0 bridgehead atoms. The van der Waals surface area contributed by atoms with E-state index >= 15 is 0 Å². The van der Waals surface area contributed by atoms with E-state index in [2.05, 4.69) is 5.32 Å². The first-order valence-corrected chi connectivity index (χ1v) is 16.4. The van der Waals surface area contributed by atoms with Crippen molar-refractivity contribution >= 4 is 39.1 Å². The Kier molecular flexibility index (Phi) is 11.2. The number of hydrogen-bond acceptors (Lipinski definition) is 4. The van der Waals surface area contributed by atoms with Crippen LogP contribution >= 0.6 is 11.6 Å². The van der Waals surface area contributed by atoms with Crippen LogP contribution in [0.5, 0.6) is 0 Å². The van der Waals surface area contributed by atoms with Crippen LogP contribution in [0.15, 0.2) is 114 Å². The SMILES string of the molecule is CC[C@H](C)NC(=O)[C@H](Cc1ccccc1)N(Cc1ccccc1C)C(=O)CN(c1cccc(Cl)c1)S(=O)(=O)c1ccccc1. The Morgan fingerprint density at radius 3 is 2.14 bits per heavy atom. The Bertz CT molecular complexity index is 1670. The minimum absolute atomic E-state index is 0.0357. The van der Waals surface area contributed by atoms with E-state index in [1.807, 2.05) is 75.4 Å². The molecular formula is C35H38ClN3O4S. The van der Waals surface area contributed by atoms with Crippen molar-refractivity contribution in [2.24, 2.45) is 0 Å². The molecule has 0 aliphatic heterocycles. The normalized spacial score (nSPS) is 12.6. The topological polar surface area (TPSA) is 86.8 Å². The number of rotatable bonds is 13. The molecule has 44 heavy (non-hydrogen) atoms. The fourth-order valence-corrected chi connectivity index (χ4v) is 6.46. The number of halogens is 1. The Morgan fingerprint density at radius 1 is 0.864 bits per heavy atom. The van der Waals surface area contributed by atoms with Gasteiger partial charge in [-0.3, -0.25) is 13.9 Å². The van der Waals surface area contributed by atoms with Crippen LogP contribution < -0.4 is 9.62 Å². The van der Waals surface area contributed by atoms with Gasteiger partial charge in [0, 0.05) is 24.0 Å². The van der Waals surface area contributed by atoms with E-state index in [9.17, 15) is 18.0 Å². The molecule has 4 aromatic rings. The Hall–Kier alpha value is -4.14. The van der Waals surface area contributed by atoms with Crippen molar-refractivity contribution in [2.75, 3.05) is 10.8 Å². The number of hydrogen-bond donors (Lipinski definition) is 1. The molecular weight excluding hydrogens is 594 g/mol. The fourth-order valence-electron chi connectivity index (χ4n) is 4.85. The molecule has 2 atom stereocenters. The molecule has 0 spiro atoms. The van der Waals surface area contributed by atoms with Gasteiger partial charge in [0.15, 0.2) is 0 Å². The molecule has 0 aliphatic rings. The van der Waals surface area contributed by atoms with Crippen LogP contribution in [0.1, 0.15) is 37.0 Å². The zero-order valence-corrected chi connectivity index (χ0v) is 26.8. The summed E-state index contributed by atoms with van der Waals surface area (Å²) in [6.07, 6.45) is 0.969. The first kappa shape index (κ1) is 32.8. The van der Waals surface area contributed by atoms with Gasteiger partial charge in [0.05, 0.1) is 10.6 Å². The van der Waals surface area contributed by atoms with E-state index in [-0.39, 0.29) is 35.5 Å². The monoisotopic (exact) mass is 631 g/mol. The third kappa shape index (κ3) is 8.27. The highest BCUT2D eigenvalue weighted by Gasteiger charge is 2.35. The molecule has 0 fully saturated rings. The highest BCUT2D eigenvalue weighted by Crippen LogP contribution is 2.27. The van der Waals surface area contributed by atoms with Gasteiger partial charge in [-0.2, -0.15) is 0 Å². The molecule has 9 heteroatoms. The van der Waals surface area contributed by atoms with Crippen molar-refractivity contribution in [2.45, 2.75) is 57.1 Å². The summed E-state index contributed by atoms with van der Waals surface area (Å²) in [5, 5.41) is 3.38. The lowest BCUT2D eigenvalue weighted by molar-refractivity contribution is -0.140. The quantitative estimate of drug-likeness (QED) is 0.185. The van der Waals surface area contributed by atoms with Crippen LogP contribution in [0.25, 0.3) is 0 Å². The molecule has 0 unspecified atom stereocenters. The van der Waals surface area contributed by atoms with Gasteiger partial charge >= 0.3 is 0 Å². The number of nitrogens with zero attached hydrogens (tertiary/aromatic N) is 2. The van der Waals surface area contributed by atoms with Gasteiger partial charge in [0.1, 0.15) is 12.6 Å². The van der Waals surface area contributed by atoms with E-state index in [4.69, 9.17) is 11.6 Å². The second kappa shape index (κ2) is 15.0. The molecule has 1 N–H and O–H groups in total. The molecule has 4 aromatic carbocycles. The van der Waals surface area contributed by atoms with Gasteiger partial charge in [-0.05, 0) is 67.3 Å². The van der Waals surface area contributed by atoms with Crippen molar-refractivity contribution < 1.29 is 18.0 Å². The maximum atomic E-state index is 14.5. The summed E-state index contributed by atoms with van der Waals surface area (Å²) in [5.41, 5.74) is 2.93. The van der Waals surface area contributed by atoms with Crippen molar-refractivity contribution in [3.05, 3.63) is 131 Å². The zero-order valence-electron chi connectivity index (χ0n) is 25.2. The summed E-state index contributed by atoms with van der Waals surface area (Å²) in [7, 11) is -4.18. The minimum Gasteiger partial charge on any atom is -0.352 e. The molecule has 4 rings (SSSR count). The van der Waals surface area contributed by atoms with Crippen LogP contribution in [-0.2, 0) is 32.6 Å². The molecule has 230 valence electrons. The molecule has 0 heterocycles. The molecule has 0 aromatic heterocycles. The summed E-state index contributed by atoms with van der Waals surface area (Å²) >= 11 is 6.28. The Labute approximate surface area is 265 Å². The highest BCUT2D eigenvalue weighted by atomic mass is 35.5. The van der Waals surface area contributed by atoms with Gasteiger partial charge in [-0.25, -0.2) is 8.42 Å². The van der Waals surface area contributed by atoms with Gasteiger partial charge in [0.25, 0.3) is 10.0 Å². The van der Waals surface area contributed by atoms with Gasteiger partial charge in [0.2, 0.25) is 11.8 Å². The standard InChI is InChI=1S/C35H38ClN3O4S/c1-4-27(3)37-35(41)33(22-28-15-7-5-8-16-28)38(24-29-17-12-11-14-26(29)2)34(40)25-39(31-19-13-18-30(36)23-31)44(42,43)32-20-9-6-10-21-32/h5-21,23,27,33H,4,22,24-25H2,1-3H3,(H,37,41)/t27-,33-/m0/s1. The number of anilines is 1. The average molecular weight is 632 g/mol. The second-order valence-electron chi connectivity index (χ2n) is 10.8. The van der Waals surface area contributed by atoms with Crippen LogP contribution in [-0.4, -0.2) is 43.8 Å². The predicted molar refractivity (Wildman–Crippen MR) is 176 cm³/mol. The van der Waals surface area contributed by atoms with Gasteiger partial charge in [-0.15, -0.1) is 0 Å². The molecule has 0 saturated carbocycles. The summed E-state index contributed by atoms with van der Waals surface area (Å²) < 4.78 is 29.1. The minimum atomic E-state index is -4.18. The molecule has 0 saturated heterocycles. The summed E-state index contributed by atoms with van der Waals surface area (Å²) in [5.74, 6) is -0.821. The lowest BCUT2D eigenvalue weighted by Crippen LogP contribution is -2.54. The summed E-state index contributed by atoms with van der Waals surface area (Å²) in [4.78, 5) is 29.9. The number of amides is 2. The third-order valence-corrected chi connectivity index (χ3v) is 9.60. The maximum absolute atomic E-state index is 14.5. The lowest BCUT2D eigenvalue weighted by atomic mass is 10.0. The summed E-state index contributed by atoms with van der Waals surface area (Å²) in [6, 6.07) is 30.5. The molecule has 7 nitrogen and oxygen atoms in total. The number of aryl methyl sites for hydroxylation is 1. The van der Waals surface area contributed by atoms with Crippen molar-refractivity contribution in [1.82, 2.24) is 10.2 Å².